The Morgan fingerprint density at radius 1 is 1.56 bits per heavy atom. The van der Waals surface area contributed by atoms with Crippen LogP contribution in [0.4, 0.5) is 0 Å². The first-order valence-electron chi connectivity index (χ1n) is 5.80. The van der Waals surface area contributed by atoms with E-state index in [1.54, 1.807) is 0 Å². The highest BCUT2D eigenvalue weighted by atomic mass is 16.1. The number of likely N-dealkylation sites (N-methyl/N-ethyl adjacent to an activating group) is 1. The number of ketones is 1. The first-order chi connectivity index (χ1) is 7.64. The molecule has 1 aliphatic heterocycles. The van der Waals surface area contributed by atoms with Crippen molar-refractivity contribution < 1.29 is 4.79 Å². The van der Waals surface area contributed by atoms with Crippen LogP contribution in [0.1, 0.15) is 28.0 Å². The maximum absolute atomic E-state index is 12.0. The van der Waals surface area contributed by atoms with E-state index in [9.17, 15) is 4.79 Å². The number of nitrogens with one attached hydrogen (secondary N) is 1. The smallest absolute Gasteiger partial charge is 0.204 e. The van der Waals surface area contributed by atoms with Crippen molar-refractivity contribution >= 4 is 5.78 Å². The number of rotatable bonds is 0. The molecule has 2 aliphatic carbocycles. The first kappa shape index (κ1) is 8.62. The minimum absolute atomic E-state index is 0.142. The number of nitrogens with zero attached hydrogens (tertiary/aromatic N) is 1. The molecule has 16 heavy (non-hydrogen) atoms. The van der Waals surface area contributed by atoms with Crippen molar-refractivity contribution in [3.05, 3.63) is 34.8 Å². The van der Waals surface area contributed by atoms with Gasteiger partial charge < -0.3 is 9.88 Å². The highest BCUT2D eigenvalue weighted by molar-refractivity contribution is 6.07. The van der Waals surface area contributed by atoms with Crippen molar-refractivity contribution in [2.24, 2.45) is 5.92 Å². The molecule has 1 aromatic heterocycles. The number of fused-ring (bicyclic) bond motifs is 1. The van der Waals surface area contributed by atoms with E-state index in [0.717, 1.165) is 18.2 Å². The van der Waals surface area contributed by atoms with E-state index in [2.05, 4.69) is 23.9 Å². The SMILES string of the molecule is Cc1c[nH]c2c1C13CC1CN(C)C3=CC2=O. The Balaban J connectivity index is 2.04. The summed E-state index contributed by atoms with van der Waals surface area (Å²) in [4.78, 5) is 17.4. The predicted molar refractivity (Wildman–Crippen MR) is 60.4 cm³/mol. The molecule has 2 unspecified atom stereocenters. The molecule has 0 amide bonds. The van der Waals surface area contributed by atoms with Gasteiger partial charge in [0.05, 0.1) is 5.69 Å². The number of hydrogen-bond donors (Lipinski definition) is 1. The van der Waals surface area contributed by atoms with Gasteiger partial charge in [-0.05, 0) is 30.4 Å². The van der Waals surface area contributed by atoms with Gasteiger partial charge in [0, 0.05) is 37.0 Å². The van der Waals surface area contributed by atoms with E-state index in [-0.39, 0.29) is 11.2 Å². The summed E-state index contributed by atoms with van der Waals surface area (Å²) in [7, 11) is 2.10. The van der Waals surface area contributed by atoms with Gasteiger partial charge in [-0.2, -0.15) is 0 Å². The molecule has 4 rings (SSSR count). The monoisotopic (exact) mass is 214 g/mol. The van der Waals surface area contributed by atoms with Crippen molar-refractivity contribution in [3.63, 3.8) is 0 Å². The second kappa shape index (κ2) is 2.26. The van der Waals surface area contributed by atoms with E-state index >= 15 is 0 Å². The van der Waals surface area contributed by atoms with Crippen LogP contribution in [0.2, 0.25) is 0 Å². The van der Waals surface area contributed by atoms with Gasteiger partial charge >= 0.3 is 0 Å². The summed E-state index contributed by atoms with van der Waals surface area (Å²) in [5, 5.41) is 0. The topological polar surface area (TPSA) is 36.1 Å². The molecule has 3 nitrogen and oxygen atoms in total. The fourth-order valence-corrected chi connectivity index (χ4v) is 3.79. The largest absolute Gasteiger partial charge is 0.377 e. The van der Waals surface area contributed by atoms with Gasteiger partial charge in [0.2, 0.25) is 5.78 Å². The summed E-state index contributed by atoms with van der Waals surface area (Å²) in [6.07, 6.45) is 5.04. The molecule has 0 radical (unpaired) electrons. The van der Waals surface area contributed by atoms with Gasteiger partial charge in [0.25, 0.3) is 0 Å². The Labute approximate surface area is 94.1 Å². The maximum Gasteiger partial charge on any atom is 0.204 e. The first-order valence-corrected chi connectivity index (χ1v) is 5.80. The van der Waals surface area contributed by atoms with E-state index < -0.39 is 0 Å². The normalized spacial score (nSPS) is 34.4. The standard InChI is InChI=1S/C13H14N2O/c1-7-5-14-12-9(16)3-10-13(11(7)12)4-8(13)6-15(10)2/h3,5,8,14H,4,6H2,1-2H3. The molecule has 1 spiro atoms. The molecule has 3 heteroatoms. The van der Waals surface area contributed by atoms with Crippen LogP contribution in [0.15, 0.2) is 18.0 Å². The number of aromatic nitrogens is 1. The molecule has 2 heterocycles. The third-order valence-electron chi connectivity index (χ3n) is 4.51. The Kier molecular flexibility index (Phi) is 1.22. The molecule has 3 aliphatic rings. The number of aryl methyl sites for hydroxylation is 1. The molecule has 1 saturated heterocycles. The Morgan fingerprint density at radius 2 is 2.38 bits per heavy atom. The van der Waals surface area contributed by atoms with Crippen LogP contribution in [-0.4, -0.2) is 29.3 Å². The van der Waals surface area contributed by atoms with Crippen LogP contribution >= 0.6 is 0 Å². The third-order valence-corrected chi connectivity index (χ3v) is 4.51. The van der Waals surface area contributed by atoms with Crippen LogP contribution in [0.3, 0.4) is 0 Å². The lowest BCUT2D eigenvalue weighted by Gasteiger charge is -2.26. The number of piperidine rings is 1. The average molecular weight is 214 g/mol. The van der Waals surface area contributed by atoms with Crippen molar-refractivity contribution in [3.8, 4) is 0 Å². The Hall–Kier alpha value is -1.51. The number of likely N-dealkylation sites (tertiary alicyclic amines) is 1. The third kappa shape index (κ3) is 0.701. The van der Waals surface area contributed by atoms with Crippen LogP contribution < -0.4 is 0 Å². The van der Waals surface area contributed by atoms with Crippen molar-refractivity contribution in [1.82, 2.24) is 9.88 Å². The second-order valence-electron chi connectivity index (χ2n) is 5.37. The molecular weight excluding hydrogens is 200 g/mol. The molecule has 1 N–H and O–H groups in total. The minimum Gasteiger partial charge on any atom is -0.377 e. The van der Waals surface area contributed by atoms with Crippen LogP contribution in [0, 0.1) is 12.8 Å². The zero-order chi connectivity index (χ0) is 11.1. The molecular formula is C13H14N2O. The molecule has 2 fully saturated rings. The van der Waals surface area contributed by atoms with Crippen molar-refractivity contribution in [2.45, 2.75) is 18.8 Å². The Bertz CT molecular complexity index is 554. The molecule has 2 atom stereocenters. The lowest BCUT2D eigenvalue weighted by molar-refractivity contribution is 0.103. The molecule has 82 valence electrons. The fourth-order valence-electron chi connectivity index (χ4n) is 3.79. The van der Waals surface area contributed by atoms with Gasteiger partial charge in [-0.15, -0.1) is 0 Å². The molecule has 1 aromatic rings. The van der Waals surface area contributed by atoms with Gasteiger partial charge in [-0.25, -0.2) is 0 Å². The summed E-state index contributed by atoms with van der Waals surface area (Å²) >= 11 is 0. The van der Waals surface area contributed by atoms with Gasteiger partial charge in [0.1, 0.15) is 0 Å². The van der Waals surface area contributed by atoms with Gasteiger partial charge in [-0.1, -0.05) is 0 Å². The van der Waals surface area contributed by atoms with E-state index in [1.807, 2.05) is 12.3 Å². The van der Waals surface area contributed by atoms with E-state index in [4.69, 9.17) is 0 Å². The Morgan fingerprint density at radius 3 is 3.19 bits per heavy atom. The second-order valence-corrected chi connectivity index (χ2v) is 5.37. The maximum atomic E-state index is 12.0. The van der Waals surface area contributed by atoms with Crippen molar-refractivity contribution in [2.75, 3.05) is 13.6 Å². The van der Waals surface area contributed by atoms with Crippen LogP contribution in [0.25, 0.3) is 0 Å². The summed E-state index contributed by atoms with van der Waals surface area (Å²) in [5.41, 5.74) is 4.80. The summed E-state index contributed by atoms with van der Waals surface area (Å²) in [5.74, 6) is 0.869. The fraction of sp³-hybridized carbons (Fsp3) is 0.462. The number of hydrogen-bond acceptors (Lipinski definition) is 2. The number of carbonyl (C=O) groups is 1. The van der Waals surface area contributed by atoms with Crippen LogP contribution in [-0.2, 0) is 5.41 Å². The molecule has 0 aromatic carbocycles. The predicted octanol–water partition coefficient (Wildman–Crippen LogP) is 1.61. The average Bonchev–Trinajstić information content (AvgIpc) is 2.64. The van der Waals surface area contributed by atoms with Crippen molar-refractivity contribution in [1.29, 1.82) is 0 Å². The molecule has 0 bridgehead atoms. The van der Waals surface area contributed by atoms with Crippen LogP contribution in [0.5, 0.6) is 0 Å². The lowest BCUT2D eigenvalue weighted by Crippen LogP contribution is -2.26. The molecule has 1 saturated carbocycles. The number of carbonyl (C=O) groups excluding carboxylic acids is 1. The zero-order valence-electron chi connectivity index (χ0n) is 9.50. The summed E-state index contributed by atoms with van der Waals surface area (Å²) in [6, 6.07) is 0. The minimum atomic E-state index is 0.142. The highest BCUT2D eigenvalue weighted by Crippen LogP contribution is 2.66. The van der Waals surface area contributed by atoms with E-state index in [0.29, 0.717) is 0 Å². The summed E-state index contributed by atoms with van der Waals surface area (Å²) in [6.45, 7) is 3.21. The summed E-state index contributed by atoms with van der Waals surface area (Å²) < 4.78 is 0. The number of allylic oxidation sites excluding steroid dienone is 2. The zero-order valence-corrected chi connectivity index (χ0v) is 9.50. The number of H-pyrrole nitrogens is 1. The van der Waals surface area contributed by atoms with E-state index in [1.165, 1.54) is 23.2 Å². The van der Waals surface area contributed by atoms with Gasteiger partial charge in [0.15, 0.2) is 0 Å². The van der Waals surface area contributed by atoms with Gasteiger partial charge in [-0.3, -0.25) is 4.79 Å². The quantitative estimate of drug-likeness (QED) is 0.712. The lowest BCUT2D eigenvalue weighted by atomic mass is 9.83. The number of aromatic amines is 1. The highest BCUT2D eigenvalue weighted by Gasteiger charge is 2.66.